The number of pyridine rings is 1. The number of amides is 1. The summed E-state index contributed by atoms with van der Waals surface area (Å²) in [6, 6.07) is 14.9. The Hall–Kier alpha value is -3.05. The minimum Gasteiger partial charge on any atom is -0.495 e. The number of rotatable bonds is 5. The van der Waals surface area contributed by atoms with Crippen LogP contribution in [-0.2, 0) is 0 Å². The molecule has 0 atom stereocenters. The minimum absolute atomic E-state index is 0.142. The Balaban J connectivity index is 1.86. The molecule has 0 radical (unpaired) electrons. The number of benzene rings is 2. The quantitative estimate of drug-likeness (QED) is 0.670. The molecule has 0 bridgehead atoms. The van der Waals surface area contributed by atoms with Crippen molar-refractivity contribution in [2.45, 2.75) is 6.92 Å². The van der Waals surface area contributed by atoms with Gasteiger partial charge in [0.05, 0.1) is 30.2 Å². The summed E-state index contributed by atoms with van der Waals surface area (Å²) in [4.78, 5) is 18.6. The third-order valence-electron chi connectivity index (χ3n) is 4.19. The minimum atomic E-state index is -0.142. The third kappa shape index (κ3) is 4.20. The van der Waals surface area contributed by atoms with E-state index in [0.717, 1.165) is 16.9 Å². The van der Waals surface area contributed by atoms with E-state index in [-0.39, 0.29) is 5.91 Å². The van der Waals surface area contributed by atoms with E-state index >= 15 is 0 Å². The van der Waals surface area contributed by atoms with Crippen LogP contribution in [0.25, 0.3) is 0 Å². The lowest BCUT2D eigenvalue weighted by Gasteiger charge is -2.18. The number of carbonyl (C=O) groups is 1. The topological polar surface area (TPSA) is 54.5 Å². The van der Waals surface area contributed by atoms with E-state index < -0.39 is 0 Å². The third-order valence-corrected chi connectivity index (χ3v) is 4.60. The summed E-state index contributed by atoms with van der Waals surface area (Å²) in [6.45, 7) is 1.92. The lowest BCUT2D eigenvalue weighted by atomic mass is 10.2. The highest BCUT2D eigenvalue weighted by molar-refractivity contribution is 6.31. The maximum Gasteiger partial charge on any atom is 0.259 e. The second-order valence-electron chi connectivity index (χ2n) is 6.09. The van der Waals surface area contributed by atoms with E-state index in [0.29, 0.717) is 22.0 Å². The van der Waals surface area contributed by atoms with Gasteiger partial charge in [-0.25, -0.2) is 0 Å². The number of nitrogens with zero attached hydrogens (tertiary/aromatic N) is 2. The molecule has 0 aliphatic heterocycles. The highest BCUT2D eigenvalue weighted by Crippen LogP contribution is 2.33. The lowest BCUT2D eigenvalue weighted by molar-refractivity contribution is 0.0992. The molecule has 5 nitrogen and oxygen atoms in total. The van der Waals surface area contributed by atoms with Gasteiger partial charge < -0.3 is 15.0 Å². The fraction of sp³-hybridized carbons (Fsp3) is 0.143. The van der Waals surface area contributed by atoms with Crippen molar-refractivity contribution in [3.8, 4) is 5.75 Å². The van der Waals surface area contributed by atoms with Gasteiger partial charge in [-0.1, -0.05) is 29.8 Å². The van der Waals surface area contributed by atoms with Gasteiger partial charge >= 0.3 is 0 Å². The van der Waals surface area contributed by atoms with Crippen molar-refractivity contribution in [3.63, 3.8) is 0 Å². The van der Waals surface area contributed by atoms with Crippen LogP contribution in [0.3, 0.4) is 0 Å². The first-order chi connectivity index (χ1) is 13.0. The number of methoxy groups -OCH3 is 1. The molecule has 0 aliphatic carbocycles. The fourth-order valence-electron chi connectivity index (χ4n) is 2.67. The van der Waals surface area contributed by atoms with Crippen molar-refractivity contribution in [3.05, 3.63) is 77.1 Å². The van der Waals surface area contributed by atoms with Crippen LogP contribution in [0.2, 0.25) is 5.02 Å². The summed E-state index contributed by atoms with van der Waals surface area (Å²) >= 11 is 6.16. The molecule has 0 spiro atoms. The molecule has 0 unspecified atom stereocenters. The average Bonchev–Trinajstić information content (AvgIpc) is 2.70. The molecule has 138 valence electrons. The monoisotopic (exact) mass is 381 g/mol. The summed E-state index contributed by atoms with van der Waals surface area (Å²) in [5.74, 6) is 0.473. The molecule has 0 fully saturated rings. The van der Waals surface area contributed by atoms with Gasteiger partial charge in [-0.15, -0.1) is 0 Å². The smallest absolute Gasteiger partial charge is 0.259 e. The Morgan fingerprint density at radius 1 is 1.15 bits per heavy atom. The Morgan fingerprint density at radius 2 is 1.89 bits per heavy atom. The van der Waals surface area contributed by atoms with Crippen LogP contribution in [0.4, 0.5) is 17.1 Å². The van der Waals surface area contributed by atoms with Gasteiger partial charge in [-0.3, -0.25) is 9.78 Å². The maximum atomic E-state index is 12.8. The number of anilines is 3. The fourth-order valence-corrected chi connectivity index (χ4v) is 2.83. The van der Waals surface area contributed by atoms with Crippen LogP contribution >= 0.6 is 11.6 Å². The maximum absolute atomic E-state index is 12.8. The molecule has 1 N–H and O–H groups in total. The first-order valence-corrected chi connectivity index (χ1v) is 8.76. The highest BCUT2D eigenvalue weighted by Gasteiger charge is 2.15. The number of aryl methyl sites for hydroxylation is 1. The number of hydrogen-bond acceptors (Lipinski definition) is 4. The molecule has 1 amide bonds. The highest BCUT2D eigenvalue weighted by atomic mass is 35.5. The van der Waals surface area contributed by atoms with E-state index in [2.05, 4.69) is 10.3 Å². The summed E-state index contributed by atoms with van der Waals surface area (Å²) in [5, 5.41) is 3.88. The van der Waals surface area contributed by atoms with Crippen molar-refractivity contribution >= 4 is 34.6 Å². The van der Waals surface area contributed by atoms with Crippen LogP contribution in [0, 0.1) is 6.92 Å². The van der Waals surface area contributed by atoms with Crippen molar-refractivity contribution in [1.29, 1.82) is 0 Å². The van der Waals surface area contributed by atoms with Gasteiger partial charge in [0, 0.05) is 30.0 Å². The predicted molar refractivity (Wildman–Crippen MR) is 109 cm³/mol. The first-order valence-electron chi connectivity index (χ1n) is 8.39. The first kappa shape index (κ1) is 18.7. The molecule has 3 aromatic rings. The summed E-state index contributed by atoms with van der Waals surface area (Å²) in [7, 11) is 3.32. The number of nitrogens with one attached hydrogen (secondary N) is 1. The number of aromatic nitrogens is 1. The molecule has 0 saturated heterocycles. The Kier molecular flexibility index (Phi) is 5.62. The van der Waals surface area contributed by atoms with Gasteiger partial charge in [0.25, 0.3) is 5.91 Å². The molecule has 3 rings (SSSR count). The van der Waals surface area contributed by atoms with Crippen molar-refractivity contribution < 1.29 is 9.53 Å². The zero-order chi connectivity index (χ0) is 19.4. The van der Waals surface area contributed by atoms with Gasteiger partial charge in [0.1, 0.15) is 5.75 Å². The number of para-hydroxylation sites is 1. The summed E-state index contributed by atoms with van der Waals surface area (Å²) in [5.41, 5.74) is 3.65. The zero-order valence-corrected chi connectivity index (χ0v) is 16.1. The second-order valence-corrected chi connectivity index (χ2v) is 6.50. The van der Waals surface area contributed by atoms with Crippen LogP contribution < -0.4 is 15.0 Å². The van der Waals surface area contributed by atoms with Gasteiger partial charge in [-0.2, -0.15) is 0 Å². The van der Waals surface area contributed by atoms with Crippen LogP contribution in [0.1, 0.15) is 15.9 Å². The molecule has 6 heteroatoms. The SMILES string of the molecule is COc1cc(Cl)c(C)cc1Nc1cncc(C(=O)N(C)c2ccccc2)c1. The molecule has 1 aromatic heterocycles. The van der Waals surface area contributed by atoms with E-state index in [1.165, 1.54) is 0 Å². The number of ether oxygens (including phenoxy) is 1. The number of halogens is 1. The molecule has 2 aromatic carbocycles. The summed E-state index contributed by atoms with van der Waals surface area (Å²) < 4.78 is 5.38. The molecular weight excluding hydrogens is 362 g/mol. The molecule has 1 heterocycles. The molecule has 27 heavy (non-hydrogen) atoms. The summed E-state index contributed by atoms with van der Waals surface area (Å²) in [6.07, 6.45) is 3.21. The normalized spacial score (nSPS) is 10.4. The largest absolute Gasteiger partial charge is 0.495 e. The van der Waals surface area contributed by atoms with E-state index in [9.17, 15) is 4.79 Å². The van der Waals surface area contributed by atoms with Gasteiger partial charge in [0.2, 0.25) is 0 Å². The van der Waals surface area contributed by atoms with E-state index in [4.69, 9.17) is 16.3 Å². The van der Waals surface area contributed by atoms with Crippen LogP contribution in [0.5, 0.6) is 5.75 Å². The predicted octanol–water partition coefficient (Wildman–Crippen LogP) is 5.07. The van der Waals surface area contributed by atoms with Crippen molar-refractivity contribution in [2.75, 3.05) is 24.4 Å². The Morgan fingerprint density at radius 3 is 2.59 bits per heavy atom. The Labute approximate surface area is 163 Å². The Bertz CT molecular complexity index is 961. The van der Waals surface area contributed by atoms with E-state index in [1.807, 2.05) is 43.3 Å². The number of hydrogen-bond donors (Lipinski definition) is 1. The molecule has 0 aliphatic rings. The van der Waals surface area contributed by atoms with Gasteiger partial charge in [0.15, 0.2) is 0 Å². The number of carbonyl (C=O) groups excluding carboxylic acids is 1. The molecular formula is C21H20ClN3O2. The van der Waals surface area contributed by atoms with Crippen molar-refractivity contribution in [1.82, 2.24) is 4.98 Å². The molecule has 0 saturated carbocycles. The van der Waals surface area contributed by atoms with E-state index in [1.54, 1.807) is 43.6 Å². The van der Waals surface area contributed by atoms with Crippen LogP contribution in [-0.4, -0.2) is 25.0 Å². The lowest BCUT2D eigenvalue weighted by Crippen LogP contribution is -2.26. The standard InChI is InChI=1S/C21H20ClN3O2/c1-14-9-19(20(27-3)11-18(14)22)24-16-10-15(12-23-13-16)21(26)25(2)17-7-5-4-6-8-17/h4-13,24H,1-3H3. The second kappa shape index (κ2) is 8.10. The van der Waals surface area contributed by atoms with Crippen LogP contribution in [0.15, 0.2) is 60.9 Å². The zero-order valence-electron chi connectivity index (χ0n) is 15.4. The average molecular weight is 382 g/mol. The van der Waals surface area contributed by atoms with Gasteiger partial charge in [-0.05, 0) is 36.8 Å². The van der Waals surface area contributed by atoms with Crippen molar-refractivity contribution in [2.24, 2.45) is 0 Å².